The number of carbonyl (C=O) groups excluding carboxylic acids is 3. The van der Waals surface area contributed by atoms with Crippen LogP contribution in [0.15, 0.2) is 89.2 Å². The third-order valence-corrected chi connectivity index (χ3v) is 7.83. The maximum Gasteiger partial charge on any atom is 0.338 e. The van der Waals surface area contributed by atoms with Gasteiger partial charge in [0.05, 0.1) is 36.6 Å². The Morgan fingerprint density at radius 3 is 2.58 bits per heavy atom. The van der Waals surface area contributed by atoms with E-state index in [1.165, 1.54) is 13.3 Å². The smallest absolute Gasteiger partial charge is 0.338 e. The largest absolute Gasteiger partial charge is 0.493 e. The van der Waals surface area contributed by atoms with Crippen LogP contribution < -0.4 is 30.3 Å². The van der Waals surface area contributed by atoms with Gasteiger partial charge in [0.2, 0.25) is 0 Å². The van der Waals surface area contributed by atoms with E-state index in [-0.39, 0.29) is 30.3 Å². The number of hydrogen-bond donors (Lipinski definition) is 3. The van der Waals surface area contributed by atoms with Crippen molar-refractivity contribution in [3.63, 3.8) is 0 Å². The van der Waals surface area contributed by atoms with Crippen LogP contribution in [0.1, 0.15) is 36.6 Å². The Balaban J connectivity index is 1.24. The molecule has 0 saturated carbocycles. The van der Waals surface area contributed by atoms with Crippen molar-refractivity contribution in [2.24, 2.45) is 5.10 Å². The minimum Gasteiger partial charge on any atom is -0.493 e. The van der Waals surface area contributed by atoms with Crippen LogP contribution in [-0.4, -0.2) is 44.4 Å². The van der Waals surface area contributed by atoms with Crippen molar-refractivity contribution in [1.29, 1.82) is 0 Å². The summed E-state index contributed by atoms with van der Waals surface area (Å²) in [6, 6.07) is 20.7. The number of urea groups is 1. The summed E-state index contributed by atoms with van der Waals surface area (Å²) in [5.41, 5.74) is 5.03. The molecule has 248 valence electrons. The van der Waals surface area contributed by atoms with E-state index in [1.54, 1.807) is 44.2 Å². The van der Waals surface area contributed by atoms with Gasteiger partial charge in [0.1, 0.15) is 12.4 Å². The summed E-state index contributed by atoms with van der Waals surface area (Å²) in [6.45, 7) is 3.34. The molecular formula is C35H32Cl2N4O7. The molecule has 13 heteroatoms. The molecule has 1 aliphatic rings. The average Bonchev–Trinajstić information content (AvgIpc) is 3.06. The molecule has 4 aromatic rings. The zero-order valence-corrected chi connectivity index (χ0v) is 27.8. The maximum atomic E-state index is 12.7. The van der Waals surface area contributed by atoms with E-state index in [0.29, 0.717) is 32.6 Å². The fourth-order valence-corrected chi connectivity index (χ4v) is 5.72. The molecule has 0 fully saturated rings. The highest BCUT2D eigenvalue weighted by molar-refractivity contribution is 6.36. The van der Waals surface area contributed by atoms with E-state index in [0.717, 1.165) is 16.3 Å². The summed E-state index contributed by atoms with van der Waals surface area (Å²) in [7, 11) is 1.43. The summed E-state index contributed by atoms with van der Waals surface area (Å²) in [5.74, 6) is -0.233. The molecule has 0 aromatic heterocycles. The highest BCUT2D eigenvalue weighted by Crippen LogP contribution is 2.35. The number of rotatable bonds is 12. The van der Waals surface area contributed by atoms with Crippen molar-refractivity contribution in [3.8, 4) is 17.2 Å². The molecular weight excluding hydrogens is 659 g/mol. The molecule has 0 radical (unpaired) electrons. The van der Waals surface area contributed by atoms with Crippen molar-refractivity contribution < 1.29 is 33.3 Å². The second-order valence-corrected chi connectivity index (χ2v) is 11.4. The first-order valence-corrected chi connectivity index (χ1v) is 15.6. The minimum absolute atomic E-state index is 0.173. The number of benzene rings is 4. The van der Waals surface area contributed by atoms with Gasteiger partial charge in [0, 0.05) is 16.3 Å². The van der Waals surface area contributed by atoms with Crippen LogP contribution >= 0.6 is 23.2 Å². The highest BCUT2D eigenvalue weighted by atomic mass is 35.5. The predicted molar refractivity (Wildman–Crippen MR) is 183 cm³/mol. The first-order valence-electron chi connectivity index (χ1n) is 14.8. The van der Waals surface area contributed by atoms with Crippen molar-refractivity contribution in [2.75, 3.05) is 20.3 Å². The number of fused-ring (bicyclic) bond motifs is 1. The lowest BCUT2D eigenvalue weighted by Gasteiger charge is -2.28. The number of ether oxygens (including phenoxy) is 4. The van der Waals surface area contributed by atoms with Gasteiger partial charge in [-0.15, -0.1) is 0 Å². The molecule has 0 aliphatic carbocycles. The van der Waals surface area contributed by atoms with Crippen LogP contribution in [0, 0.1) is 0 Å². The number of halogens is 2. The fourth-order valence-electron chi connectivity index (χ4n) is 5.15. The molecule has 0 unspecified atom stereocenters. The number of amides is 3. The normalized spacial score (nSPS) is 14.4. The number of nitrogens with zero attached hydrogens (tertiary/aromatic N) is 1. The second-order valence-electron chi connectivity index (χ2n) is 10.5. The number of carbonyl (C=O) groups is 3. The Hall–Kier alpha value is -5.26. The van der Waals surface area contributed by atoms with E-state index in [9.17, 15) is 14.4 Å². The molecule has 1 atom stereocenters. The van der Waals surface area contributed by atoms with E-state index in [2.05, 4.69) is 21.2 Å². The molecule has 0 spiro atoms. The number of nitrogens with one attached hydrogen (secondary N) is 3. The van der Waals surface area contributed by atoms with Crippen molar-refractivity contribution >= 4 is 58.1 Å². The Kier molecular flexibility index (Phi) is 11.0. The average molecular weight is 692 g/mol. The number of esters is 1. The predicted octanol–water partition coefficient (Wildman–Crippen LogP) is 6.45. The standard InChI is InChI=1S/C35H32Cl2N4O7/c1-4-46-34(43)31-20(2)39-35(44)40-32(31)22-12-13-28(29(15-22)45-3)47-19-30(42)41-38-17-24-14-25(36)16-27(37)33(24)48-18-23-10-7-9-21-8-5-6-11-26(21)23/h5-17,32H,4,18-19H2,1-3H3,(H,41,42)(H2,39,40,44)/b38-17+/t32-/m0/s1. The summed E-state index contributed by atoms with van der Waals surface area (Å²) in [6.07, 6.45) is 1.38. The Morgan fingerprint density at radius 2 is 1.79 bits per heavy atom. The quantitative estimate of drug-likeness (QED) is 0.0882. The molecule has 3 amide bonds. The third kappa shape index (κ3) is 7.99. The molecule has 0 saturated heterocycles. The number of hydrogen-bond acceptors (Lipinski definition) is 8. The van der Waals surface area contributed by atoms with Crippen molar-refractivity contribution in [2.45, 2.75) is 26.5 Å². The van der Waals surface area contributed by atoms with Gasteiger partial charge in [-0.05, 0) is 60.0 Å². The van der Waals surface area contributed by atoms with Crippen LogP contribution in [0.25, 0.3) is 10.8 Å². The number of methoxy groups -OCH3 is 1. The lowest BCUT2D eigenvalue weighted by molar-refractivity contribution is -0.139. The van der Waals surface area contributed by atoms with Crippen LogP contribution in [-0.2, 0) is 20.9 Å². The van der Waals surface area contributed by atoms with Crippen LogP contribution in [0.3, 0.4) is 0 Å². The number of hydrazone groups is 1. The molecule has 4 aromatic carbocycles. The van der Waals surface area contributed by atoms with Gasteiger partial charge in [0.25, 0.3) is 5.91 Å². The van der Waals surface area contributed by atoms with Gasteiger partial charge in [-0.2, -0.15) is 5.10 Å². The van der Waals surface area contributed by atoms with E-state index in [1.807, 2.05) is 42.5 Å². The maximum absolute atomic E-state index is 12.7. The van der Waals surface area contributed by atoms with Crippen LogP contribution in [0.5, 0.6) is 17.2 Å². The van der Waals surface area contributed by atoms with Gasteiger partial charge >= 0.3 is 12.0 Å². The molecule has 0 bridgehead atoms. The van der Waals surface area contributed by atoms with E-state index in [4.69, 9.17) is 42.1 Å². The molecule has 3 N–H and O–H groups in total. The lowest BCUT2D eigenvalue weighted by Crippen LogP contribution is -2.45. The summed E-state index contributed by atoms with van der Waals surface area (Å²) >= 11 is 12.7. The number of allylic oxidation sites excluding steroid dienone is 1. The Bertz CT molecular complexity index is 1920. The van der Waals surface area contributed by atoms with Crippen LogP contribution in [0.2, 0.25) is 10.0 Å². The summed E-state index contributed by atoms with van der Waals surface area (Å²) in [4.78, 5) is 37.5. The van der Waals surface area contributed by atoms with Gasteiger partial charge in [0.15, 0.2) is 18.1 Å². The van der Waals surface area contributed by atoms with Crippen molar-refractivity contribution in [3.05, 3.63) is 111 Å². The fraction of sp³-hybridized carbons (Fsp3) is 0.200. The van der Waals surface area contributed by atoms with Crippen molar-refractivity contribution in [1.82, 2.24) is 16.1 Å². The van der Waals surface area contributed by atoms with Gasteiger partial charge in [-0.25, -0.2) is 15.0 Å². The van der Waals surface area contributed by atoms with Gasteiger partial charge < -0.3 is 29.6 Å². The molecule has 1 aliphatic heterocycles. The molecule has 11 nitrogen and oxygen atoms in total. The molecule has 48 heavy (non-hydrogen) atoms. The first-order chi connectivity index (χ1) is 23.2. The Labute approximate surface area is 286 Å². The van der Waals surface area contributed by atoms with E-state index < -0.39 is 30.6 Å². The SMILES string of the molecule is CCOC(=O)C1=C(C)NC(=O)N[C@H]1c1ccc(OCC(=O)N/N=C/c2cc(Cl)cc(Cl)c2OCc2cccc3ccccc23)c(OC)c1. The van der Waals surface area contributed by atoms with E-state index >= 15 is 0 Å². The third-order valence-electron chi connectivity index (χ3n) is 7.33. The topological polar surface area (TPSA) is 137 Å². The first kappa shape index (κ1) is 34.1. The highest BCUT2D eigenvalue weighted by Gasteiger charge is 2.32. The van der Waals surface area contributed by atoms with Gasteiger partial charge in [-0.1, -0.05) is 71.7 Å². The second kappa shape index (κ2) is 15.6. The lowest BCUT2D eigenvalue weighted by atomic mass is 9.95. The molecule has 1 heterocycles. The minimum atomic E-state index is -0.792. The van der Waals surface area contributed by atoms with Crippen LogP contribution in [0.4, 0.5) is 4.79 Å². The zero-order valence-electron chi connectivity index (χ0n) is 26.3. The zero-order chi connectivity index (χ0) is 34.2. The summed E-state index contributed by atoms with van der Waals surface area (Å²) in [5, 5.41) is 12.2. The summed E-state index contributed by atoms with van der Waals surface area (Å²) < 4.78 is 22.5. The Morgan fingerprint density at radius 1 is 1.00 bits per heavy atom. The monoisotopic (exact) mass is 690 g/mol. The van der Waals surface area contributed by atoms with Gasteiger partial charge in [-0.3, -0.25) is 4.79 Å². The molecule has 5 rings (SSSR count).